The molecule has 4 nitrogen and oxygen atoms in total. The Morgan fingerprint density at radius 2 is 2.18 bits per heavy atom. The molecule has 92 valence electrons. The Kier molecular flexibility index (Phi) is 3.64. The van der Waals surface area contributed by atoms with Crippen molar-refractivity contribution in [2.45, 2.75) is 6.92 Å². The van der Waals surface area contributed by atoms with Crippen LogP contribution in [-0.2, 0) is 4.79 Å². The molecule has 1 aromatic rings. The lowest BCUT2D eigenvalue weighted by atomic mass is 10.0. The zero-order valence-electron chi connectivity index (χ0n) is 9.93. The van der Waals surface area contributed by atoms with Crippen LogP contribution in [0.3, 0.4) is 0 Å². The smallest absolute Gasteiger partial charge is 0.260 e. The highest BCUT2D eigenvalue weighted by molar-refractivity contribution is 5.78. The minimum atomic E-state index is -0.0158. The van der Waals surface area contributed by atoms with Crippen molar-refractivity contribution in [2.75, 3.05) is 26.3 Å². The lowest BCUT2D eigenvalue weighted by Crippen LogP contribution is -2.52. The van der Waals surface area contributed by atoms with Crippen LogP contribution in [0, 0.1) is 12.8 Å². The first-order valence-corrected chi connectivity index (χ1v) is 5.77. The van der Waals surface area contributed by atoms with Crippen LogP contribution in [0.15, 0.2) is 24.3 Å². The summed E-state index contributed by atoms with van der Waals surface area (Å²) in [6, 6.07) is 7.63. The summed E-state index contributed by atoms with van der Waals surface area (Å²) in [5.74, 6) is 0.982. The molecule has 1 heterocycles. The molecule has 0 atom stereocenters. The number of ether oxygens (including phenoxy) is 1. The summed E-state index contributed by atoms with van der Waals surface area (Å²) in [5.41, 5.74) is 1.03. The molecule has 1 N–H and O–H groups in total. The molecular weight excluding hydrogens is 218 g/mol. The molecule has 17 heavy (non-hydrogen) atoms. The average Bonchev–Trinajstić information content (AvgIpc) is 2.26. The van der Waals surface area contributed by atoms with E-state index in [9.17, 15) is 4.79 Å². The van der Waals surface area contributed by atoms with Gasteiger partial charge in [0.15, 0.2) is 6.61 Å². The topological polar surface area (TPSA) is 49.8 Å². The maximum absolute atomic E-state index is 11.7. The predicted molar refractivity (Wildman–Crippen MR) is 63.8 cm³/mol. The Hall–Kier alpha value is -1.55. The molecule has 1 aliphatic rings. The fraction of sp³-hybridized carbons (Fsp3) is 0.462. The number of likely N-dealkylation sites (tertiary alicyclic amines) is 1. The molecule has 1 aromatic carbocycles. The number of hydrogen-bond donors (Lipinski definition) is 1. The lowest BCUT2D eigenvalue weighted by molar-refractivity contribution is -0.140. The van der Waals surface area contributed by atoms with E-state index in [4.69, 9.17) is 9.84 Å². The number of benzene rings is 1. The molecule has 1 fully saturated rings. The van der Waals surface area contributed by atoms with E-state index in [1.54, 1.807) is 4.90 Å². The number of amides is 1. The normalized spacial score (nSPS) is 15.5. The van der Waals surface area contributed by atoms with Crippen molar-refractivity contribution >= 4 is 5.91 Å². The number of aryl methyl sites for hydroxylation is 1. The van der Waals surface area contributed by atoms with Gasteiger partial charge in [-0.05, 0) is 18.6 Å². The Morgan fingerprint density at radius 3 is 2.82 bits per heavy atom. The average molecular weight is 235 g/mol. The second-order valence-corrected chi connectivity index (χ2v) is 4.40. The fourth-order valence-electron chi connectivity index (χ4n) is 1.84. The molecule has 0 spiro atoms. The third-order valence-corrected chi connectivity index (χ3v) is 3.01. The summed E-state index contributed by atoms with van der Waals surface area (Å²) >= 11 is 0. The number of carbonyl (C=O) groups is 1. The Bertz CT molecular complexity index is 399. The highest BCUT2D eigenvalue weighted by Gasteiger charge is 2.29. The first kappa shape index (κ1) is 11.9. The van der Waals surface area contributed by atoms with Crippen molar-refractivity contribution < 1.29 is 14.6 Å². The van der Waals surface area contributed by atoms with Crippen LogP contribution >= 0.6 is 0 Å². The monoisotopic (exact) mass is 235 g/mol. The van der Waals surface area contributed by atoms with Crippen LogP contribution < -0.4 is 4.74 Å². The summed E-state index contributed by atoms with van der Waals surface area (Å²) < 4.78 is 5.47. The third kappa shape index (κ3) is 2.77. The van der Waals surface area contributed by atoms with Gasteiger partial charge in [0.25, 0.3) is 5.91 Å². The zero-order valence-corrected chi connectivity index (χ0v) is 9.93. The van der Waals surface area contributed by atoms with E-state index in [0.717, 1.165) is 11.3 Å². The fourth-order valence-corrected chi connectivity index (χ4v) is 1.84. The molecule has 0 aromatic heterocycles. The number of carbonyl (C=O) groups excluding carboxylic acids is 1. The highest BCUT2D eigenvalue weighted by atomic mass is 16.5. The van der Waals surface area contributed by atoms with Gasteiger partial charge in [-0.25, -0.2) is 0 Å². The van der Waals surface area contributed by atoms with Crippen molar-refractivity contribution in [3.8, 4) is 5.75 Å². The second kappa shape index (κ2) is 5.19. The van der Waals surface area contributed by atoms with Crippen LogP contribution in [-0.4, -0.2) is 42.2 Å². The van der Waals surface area contributed by atoms with Gasteiger partial charge in [0.1, 0.15) is 5.75 Å². The number of nitrogens with zero attached hydrogens (tertiary/aromatic N) is 1. The van der Waals surface area contributed by atoms with Gasteiger partial charge in [-0.15, -0.1) is 0 Å². The van der Waals surface area contributed by atoms with Crippen molar-refractivity contribution in [1.29, 1.82) is 0 Å². The lowest BCUT2D eigenvalue weighted by Gasteiger charge is -2.38. The van der Waals surface area contributed by atoms with Gasteiger partial charge < -0.3 is 14.7 Å². The van der Waals surface area contributed by atoms with Crippen molar-refractivity contribution in [3.05, 3.63) is 29.8 Å². The molecule has 0 unspecified atom stereocenters. The molecule has 0 aliphatic carbocycles. The van der Waals surface area contributed by atoms with E-state index in [1.807, 2.05) is 31.2 Å². The molecule has 0 saturated carbocycles. The molecule has 4 heteroatoms. The van der Waals surface area contributed by atoms with Crippen LogP contribution in [0.5, 0.6) is 5.75 Å². The van der Waals surface area contributed by atoms with Crippen LogP contribution in [0.4, 0.5) is 0 Å². The summed E-state index contributed by atoms with van der Waals surface area (Å²) in [7, 11) is 0. The standard InChI is InChI=1S/C13H17NO3/c1-10-4-2-3-5-12(10)17-9-13(16)14-6-11(7-14)8-15/h2-5,11,15H,6-9H2,1H3. The van der Waals surface area contributed by atoms with Gasteiger partial charge in [-0.1, -0.05) is 18.2 Å². The predicted octanol–water partition coefficient (Wildman–Crippen LogP) is 0.825. The van der Waals surface area contributed by atoms with E-state index < -0.39 is 0 Å². The Balaban J connectivity index is 1.79. The van der Waals surface area contributed by atoms with Gasteiger partial charge in [0, 0.05) is 25.6 Å². The van der Waals surface area contributed by atoms with Crippen molar-refractivity contribution in [3.63, 3.8) is 0 Å². The number of aliphatic hydroxyl groups is 1. The van der Waals surface area contributed by atoms with Gasteiger partial charge >= 0.3 is 0 Å². The van der Waals surface area contributed by atoms with Crippen molar-refractivity contribution in [2.24, 2.45) is 5.92 Å². The molecular formula is C13H17NO3. The number of rotatable bonds is 4. The minimum absolute atomic E-state index is 0.0158. The van der Waals surface area contributed by atoms with E-state index in [-0.39, 0.29) is 25.0 Å². The van der Waals surface area contributed by atoms with Gasteiger partial charge in [-0.2, -0.15) is 0 Å². The van der Waals surface area contributed by atoms with Crippen LogP contribution in [0.1, 0.15) is 5.56 Å². The summed E-state index contributed by atoms with van der Waals surface area (Å²) in [6.07, 6.45) is 0. The maximum Gasteiger partial charge on any atom is 0.260 e. The van der Waals surface area contributed by atoms with Gasteiger partial charge in [-0.3, -0.25) is 4.79 Å². The number of para-hydroxylation sites is 1. The quantitative estimate of drug-likeness (QED) is 0.840. The molecule has 1 amide bonds. The van der Waals surface area contributed by atoms with E-state index in [2.05, 4.69) is 0 Å². The van der Waals surface area contributed by atoms with Gasteiger partial charge in [0.05, 0.1) is 0 Å². The number of aliphatic hydroxyl groups excluding tert-OH is 1. The van der Waals surface area contributed by atoms with Gasteiger partial charge in [0.2, 0.25) is 0 Å². The van der Waals surface area contributed by atoms with Crippen molar-refractivity contribution in [1.82, 2.24) is 4.90 Å². The van der Waals surface area contributed by atoms with Crippen LogP contribution in [0.2, 0.25) is 0 Å². The molecule has 1 saturated heterocycles. The van der Waals surface area contributed by atoms with E-state index in [0.29, 0.717) is 13.1 Å². The summed E-state index contributed by atoms with van der Waals surface area (Å²) in [6.45, 7) is 3.47. The van der Waals surface area contributed by atoms with E-state index >= 15 is 0 Å². The first-order valence-electron chi connectivity index (χ1n) is 5.77. The van der Waals surface area contributed by atoms with Crippen LogP contribution in [0.25, 0.3) is 0 Å². The number of hydrogen-bond acceptors (Lipinski definition) is 3. The molecule has 0 radical (unpaired) electrons. The van der Waals surface area contributed by atoms with E-state index in [1.165, 1.54) is 0 Å². The minimum Gasteiger partial charge on any atom is -0.484 e. The molecule has 1 aliphatic heterocycles. The summed E-state index contributed by atoms with van der Waals surface area (Å²) in [5, 5.41) is 8.86. The third-order valence-electron chi connectivity index (χ3n) is 3.01. The Morgan fingerprint density at radius 1 is 1.47 bits per heavy atom. The Labute approximate surface area is 101 Å². The molecule has 2 rings (SSSR count). The molecule has 0 bridgehead atoms. The highest BCUT2D eigenvalue weighted by Crippen LogP contribution is 2.18. The SMILES string of the molecule is Cc1ccccc1OCC(=O)N1CC(CO)C1. The largest absolute Gasteiger partial charge is 0.484 e. The zero-order chi connectivity index (χ0) is 12.3. The first-order chi connectivity index (χ1) is 8.20. The second-order valence-electron chi connectivity index (χ2n) is 4.40. The summed E-state index contributed by atoms with van der Waals surface area (Å²) in [4.78, 5) is 13.4. The maximum atomic E-state index is 11.7.